The molecule has 3 rings (SSSR count). The molecular weight excluding hydrogens is 522 g/mol. The molecule has 7 nitrogen and oxygen atoms in total. The molecule has 2 N–H and O–H groups in total. The van der Waals surface area contributed by atoms with Gasteiger partial charge in [0, 0.05) is 11.4 Å². The van der Waals surface area contributed by atoms with E-state index < -0.39 is 5.91 Å². The van der Waals surface area contributed by atoms with Crippen LogP contribution < -0.4 is 20.1 Å². The van der Waals surface area contributed by atoms with Gasteiger partial charge in [-0.3, -0.25) is 9.59 Å². The van der Waals surface area contributed by atoms with E-state index >= 15 is 0 Å². The highest BCUT2D eigenvalue weighted by Gasteiger charge is 2.16. The van der Waals surface area contributed by atoms with E-state index in [9.17, 15) is 14.9 Å². The molecule has 0 bridgehead atoms. The number of ether oxygens (including phenoxy) is 2. The van der Waals surface area contributed by atoms with Crippen molar-refractivity contribution in [3.8, 4) is 17.6 Å². The van der Waals surface area contributed by atoms with Gasteiger partial charge in [0.15, 0.2) is 18.1 Å². The number of amides is 2. The number of nitrogens with one attached hydrogen (secondary N) is 2. The molecule has 0 heterocycles. The summed E-state index contributed by atoms with van der Waals surface area (Å²) in [5, 5.41) is 15.1. The lowest BCUT2D eigenvalue weighted by atomic mass is 10.1. The van der Waals surface area contributed by atoms with Crippen molar-refractivity contribution in [2.24, 2.45) is 0 Å². The standard InChI is InChI=1S/C28H26BrN3O4/c1-17-7-5-9-22(11-17)31-28(34)21(15-30)12-20-13-23(29)27(25(14-20)35-4)36-16-26(33)32-24-10-6-8-18(2)19(24)3/h5-14H,16H2,1-4H3,(H,31,34)(H,32,33)/b21-12+. The number of aryl methyl sites for hydroxylation is 2. The number of anilines is 2. The van der Waals surface area contributed by atoms with Crippen molar-refractivity contribution >= 4 is 45.2 Å². The van der Waals surface area contributed by atoms with Crippen LogP contribution in [0.2, 0.25) is 0 Å². The van der Waals surface area contributed by atoms with E-state index in [0.717, 1.165) is 22.4 Å². The van der Waals surface area contributed by atoms with Crippen LogP contribution in [-0.4, -0.2) is 25.5 Å². The average molecular weight is 548 g/mol. The second kappa shape index (κ2) is 12.0. The Balaban J connectivity index is 1.75. The van der Waals surface area contributed by atoms with Gasteiger partial charge >= 0.3 is 0 Å². The van der Waals surface area contributed by atoms with Crippen LogP contribution in [0.25, 0.3) is 6.08 Å². The number of benzene rings is 3. The van der Waals surface area contributed by atoms with Gasteiger partial charge < -0.3 is 20.1 Å². The van der Waals surface area contributed by atoms with Crippen LogP contribution in [0.5, 0.6) is 11.5 Å². The second-order valence-corrected chi connectivity index (χ2v) is 8.97. The summed E-state index contributed by atoms with van der Waals surface area (Å²) in [6.45, 7) is 5.59. The summed E-state index contributed by atoms with van der Waals surface area (Å²) in [5.74, 6) is -0.178. The molecule has 2 amide bonds. The van der Waals surface area contributed by atoms with Crippen molar-refractivity contribution in [3.63, 3.8) is 0 Å². The van der Waals surface area contributed by atoms with E-state index in [2.05, 4.69) is 26.6 Å². The van der Waals surface area contributed by atoms with Crippen molar-refractivity contribution in [2.75, 3.05) is 24.4 Å². The summed E-state index contributed by atoms with van der Waals surface area (Å²) in [6, 6.07) is 18.2. The van der Waals surface area contributed by atoms with Crippen LogP contribution in [0.4, 0.5) is 11.4 Å². The Labute approximate surface area is 218 Å². The zero-order valence-corrected chi connectivity index (χ0v) is 22.0. The van der Waals surface area contributed by atoms with E-state index in [1.54, 1.807) is 18.2 Å². The molecule has 0 aromatic heterocycles. The lowest BCUT2D eigenvalue weighted by Gasteiger charge is -2.15. The van der Waals surface area contributed by atoms with E-state index in [1.165, 1.54) is 13.2 Å². The fraction of sp³-hybridized carbons (Fsp3) is 0.179. The van der Waals surface area contributed by atoms with Crippen LogP contribution >= 0.6 is 15.9 Å². The third-order valence-corrected chi connectivity index (χ3v) is 6.02. The van der Waals surface area contributed by atoms with Gasteiger partial charge in [-0.25, -0.2) is 0 Å². The fourth-order valence-corrected chi connectivity index (χ4v) is 3.98. The summed E-state index contributed by atoms with van der Waals surface area (Å²) in [6.07, 6.45) is 1.45. The summed E-state index contributed by atoms with van der Waals surface area (Å²) < 4.78 is 11.7. The molecule has 0 unspecified atom stereocenters. The first kappa shape index (κ1) is 26.5. The van der Waals surface area contributed by atoms with Crippen LogP contribution in [0.3, 0.4) is 0 Å². The van der Waals surface area contributed by atoms with E-state index in [0.29, 0.717) is 27.2 Å². The molecule has 0 saturated heterocycles. The van der Waals surface area contributed by atoms with Crippen LogP contribution in [0.1, 0.15) is 22.3 Å². The maximum absolute atomic E-state index is 12.6. The Morgan fingerprint density at radius 2 is 1.81 bits per heavy atom. The van der Waals surface area contributed by atoms with Gasteiger partial charge in [0.2, 0.25) is 0 Å². The number of methoxy groups -OCH3 is 1. The summed E-state index contributed by atoms with van der Waals surface area (Å²) in [7, 11) is 1.47. The predicted octanol–water partition coefficient (Wildman–Crippen LogP) is 5.95. The third kappa shape index (κ3) is 6.74. The summed E-state index contributed by atoms with van der Waals surface area (Å²) >= 11 is 3.44. The molecule has 0 aliphatic heterocycles. The number of halogens is 1. The van der Waals surface area contributed by atoms with Crippen molar-refractivity contribution < 1.29 is 19.1 Å². The molecule has 0 spiro atoms. The highest BCUT2D eigenvalue weighted by molar-refractivity contribution is 9.10. The Bertz CT molecular complexity index is 1380. The van der Waals surface area contributed by atoms with Gasteiger partial charge in [-0.15, -0.1) is 0 Å². The smallest absolute Gasteiger partial charge is 0.266 e. The lowest BCUT2D eigenvalue weighted by Crippen LogP contribution is -2.21. The van der Waals surface area contributed by atoms with Crippen LogP contribution in [0, 0.1) is 32.1 Å². The average Bonchev–Trinajstić information content (AvgIpc) is 2.84. The zero-order valence-electron chi connectivity index (χ0n) is 20.4. The number of nitrogens with zero attached hydrogens (tertiary/aromatic N) is 1. The molecule has 0 aliphatic rings. The highest BCUT2D eigenvalue weighted by Crippen LogP contribution is 2.37. The quantitative estimate of drug-likeness (QED) is 0.268. The van der Waals surface area contributed by atoms with Gasteiger partial charge in [-0.1, -0.05) is 24.3 Å². The van der Waals surface area contributed by atoms with Gasteiger partial charge in [-0.2, -0.15) is 5.26 Å². The number of nitriles is 1. The minimum atomic E-state index is -0.526. The number of hydrogen-bond acceptors (Lipinski definition) is 5. The number of rotatable bonds is 8. The van der Waals surface area contributed by atoms with Gasteiger partial charge in [0.05, 0.1) is 11.6 Å². The van der Waals surface area contributed by atoms with Crippen molar-refractivity contribution in [1.82, 2.24) is 0 Å². The van der Waals surface area contributed by atoms with Gasteiger partial charge in [-0.05, 0) is 95.4 Å². The van der Waals surface area contributed by atoms with Gasteiger partial charge in [0.1, 0.15) is 11.6 Å². The topological polar surface area (TPSA) is 100 Å². The molecule has 3 aromatic carbocycles. The Morgan fingerprint density at radius 3 is 2.50 bits per heavy atom. The van der Waals surface area contributed by atoms with E-state index in [-0.39, 0.29) is 18.1 Å². The molecule has 0 fully saturated rings. The SMILES string of the molecule is COc1cc(/C=C(\C#N)C(=O)Nc2cccc(C)c2)cc(Br)c1OCC(=O)Nc1cccc(C)c1C. The Hall–Kier alpha value is -4.09. The Morgan fingerprint density at radius 1 is 1.06 bits per heavy atom. The van der Waals surface area contributed by atoms with Gasteiger partial charge in [0.25, 0.3) is 11.8 Å². The number of hydrogen-bond donors (Lipinski definition) is 2. The summed E-state index contributed by atoms with van der Waals surface area (Å²) in [5.41, 5.74) is 4.84. The number of carbonyl (C=O) groups is 2. The zero-order chi connectivity index (χ0) is 26.2. The molecule has 0 saturated carbocycles. The monoisotopic (exact) mass is 547 g/mol. The van der Waals surface area contributed by atoms with E-state index in [1.807, 2.05) is 63.2 Å². The second-order valence-electron chi connectivity index (χ2n) is 8.11. The highest BCUT2D eigenvalue weighted by atomic mass is 79.9. The molecule has 36 heavy (non-hydrogen) atoms. The largest absolute Gasteiger partial charge is 0.493 e. The van der Waals surface area contributed by atoms with Crippen molar-refractivity contribution in [2.45, 2.75) is 20.8 Å². The summed E-state index contributed by atoms with van der Waals surface area (Å²) in [4.78, 5) is 25.1. The predicted molar refractivity (Wildman–Crippen MR) is 144 cm³/mol. The maximum Gasteiger partial charge on any atom is 0.266 e. The molecule has 3 aromatic rings. The fourth-order valence-electron chi connectivity index (χ4n) is 3.41. The maximum atomic E-state index is 12.6. The van der Waals surface area contributed by atoms with Crippen molar-refractivity contribution in [1.29, 1.82) is 5.26 Å². The molecule has 184 valence electrons. The minimum absolute atomic E-state index is 0.0768. The number of carbonyl (C=O) groups excluding carboxylic acids is 2. The molecular formula is C28H26BrN3O4. The van der Waals surface area contributed by atoms with Crippen LogP contribution in [-0.2, 0) is 9.59 Å². The Kier molecular flexibility index (Phi) is 8.87. The first-order valence-electron chi connectivity index (χ1n) is 11.1. The third-order valence-electron chi connectivity index (χ3n) is 5.43. The van der Waals surface area contributed by atoms with E-state index in [4.69, 9.17) is 9.47 Å². The van der Waals surface area contributed by atoms with Crippen molar-refractivity contribution in [3.05, 3.63) is 86.9 Å². The molecule has 0 aliphatic carbocycles. The van der Waals surface area contributed by atoms with Crippen LogP contribution in [0.15, 0.2) is 64.6 Å². The first-order valence-corrected chi connectivity index (χ1v) is 11.9. The lowest BCUT2D eigenvalue weighted by molar-refractivity contribution is -0.118. The normalized spacial score (nSPS) is 10.8. The minimum Gasteiger partial charge on any atom is -0.493 e. The first-order chi connectivity index (χ1) is 17.2. The molecule has 8 heteroatoms. The molecule has 0 atom stereocenters. The molecule has 0 radical (unpaired) electrons.